The molecule has 8 heteroatoms. The second-order valence-electron chi connectivity index (χ2n) is 7.79. The molecule has 0 unspecified atom stereocenters. The standard InChI is InChI=1S/C21H33N3O5/c1-26-18-7-6-16(20(27-2)21(18)28-3)14-23-8-10-24(11-9-23)15-19(25)22-13-17-5-4-12-29-17/h6-7,17H,4-5,8-15H2,1-3H3,(H,22,25)/p+2/t17-/m1/s1. The predicted octanol–water partition coefficient (Wildman–Crippen LogP) is -1.71. The van der Waals surface area contributed by atoms with Crippen molar-refractivity contribution in [3.8, 4) is 17.2 Å². The quantitative estimate of drug-likeness (QED) is 0.453. The van der Waals surface area contributed by atoms with E-state index in [0.29, 0.717) is 24.6 Å². The van der Waals surface area contributed by atoms with Crippen molar-refractivity contribution in [1.29, 1.82) is 0 Å². The van der Waals surface area contributed by atoms with Gasteiger partial charge in [0.2, 0.25) is 5.75 Å². The molecule has 2 fully saturated rings. The van der Waals surface area contributed by atoms with Gasteiger partial charge in [-0.2, -0.15) is 0 Å². The van der Waals surface area contributed by atoms with E-state index in [1.165, 1.54) is 9.80 Å². The number of ether oxygens (including phenoxy) is 4. The third-order valence-corrected chi connectivity index (χ3v) is 5.85. The molecule has 29 heavy (non-hydrogen) atoms. The van der Waals surface area contributed by atoms with Crippen LogP contribution in [-0.4, -0.2) is 79.2 Å². The van der Waals surface area contributed by atoms with Crippen LogP contribution in [0.25, 0.3) is 0 Å². The van der Waals surface area contributed by atoms with Crippen molar-refractivity contribution < 1.29 is 33.5 Å². The second-order valence-corrected chi connectivity index (χ2v) is 7.79. The van der Waals surface area contributed by atoms with Crippen molar-refractivity contribution in [2.75, 3.05) is 67.2 Å². The molecule has 1 aromatic carbocycles. The summed E-state index contributed by atoms with van der Waals surface area (Å²) in [5.74, 6) is 2.17. The molecule has 3 rings (SSSR count). The Morgan fingerprint density at radius 1 is 1.07 bits per heavy atom. The van der Waals surface area contributed by atoms with Gasteiger partial charge in [-0.05, 0) is 25.0 Å². The molecule has 1 atom stereocenters. The summed E-state index contributed by atoms with van der Waals surface area (Å²) in [7, 11) is 4.91. The first-order valence-corrected chi connectivity index (χ1v) is 10.5. The first-order valence-electron chi connectivity index (χ1n) is 10.5. The summed E-state index contributed by atoms with van der Waals surface area (Å²) < 4.78 is 22.0. The zero-order valence-electron chi connectivity index (χ0n) is 17.8. The predicted molar refractivity (Wildman–Crippen MR) is 108 cm³/mol. The Morgan fingerprint density at radius 2 is 1.79 bits per heavy atom. The average Bonchev–Trinajstić information content (AvgIpc) is 3.27. The SMILES string of the molecule is COc1ccc(C[NH+]2CC[NH+](CC(=O)NC[C@H]3CCCO3)CC2)c(OC)c1OC. The molecule has 0 saturated carbocycles. The van der Waals surface area contributed by atoms with Crippen molar-refractivity contribution in [2.45, 2.75) is 25.5 Å². The number of methoxy groups -OCH3 is 3. The van der Waals surface area contributed by atoms with Gasteiger partial charge in [0.15, 0.2) is 18.0 Å². The van der Waals surface area contributed by atoms with Crippen LogP contribution in [0.15, 0.2) is 12.1 Å². The zero-order valence-corrected chi connectivity index (χ0v) is 17.8. The van der Waals surface area contributed by atoms with E-state index in [0.717, 1.165) is 63.5 Å². The fourth-order valence-corrected chi connectivity index (χ4v) is 4.20. The molecule has 1 aromatic rings. The van der Waals surface area contributed by atoms with E-state index in [2.05, 4.69) is 5.32 Å². The highest BCUT2D eigenvalue weighted by atomic mass is 16.5. The molecule has 1 amide bonds. The third-order valence-electron chi connectivity index (χ3n) is 5.85. The molecule has 3 N–H and O–H groups in total. The van der Waals surface area contributed by atoms with Crippen LogP contribution in [-0.2, 0) is 16.1 Å². The van der Waals surface area contributed by atoms with E-state index in [9.17, 15) is 4.79 Å². The molecule has 0 bridgehead atoms. The number of quaternary nitrogens is 2. The van der Waals surface area contributed by atoms with Gasteiger partial charge in [-0.15, -0.1) is 0 Å². The number of nitrogens with one attached hydrogen (secondary N) is 3. The van der Waals surface area contributed by atoms with Gasteiger partial charge in [-0.1, -0.05) is 0 Å². The summed E-state index contributed by atoms with van der Waals surface area (Å²) in [5.41, 5.74) is 1.11. The minimum Gasteiger partial charge on any atom is -0.493 e. The van der Waals surface area contributed by atoms with Crippen LogP contribution in [0.2, 0.25) is 0 Å². The molecule has 2 aliphatic rings. The minimum atomic E-state index is 0.125. The third kappa shape index (κ3) is 5.74. The Bertz CT molecular complexity index is 671. The Morgan fingerprint density at radius 3 is 2.41 bits per heavy atom. The van der Waals surface area contributed by atoms with Gasteiger partial charge in [0, 0.05) is 13.2 Å². The summed E-state index contributed by atoms with van der Waals surface area (Å²) in [6, 6.07) is 3.97. The van der Waals surface area contributed by atoms with Crippen LogP contribution in [0.5, 0.6) is 17.2 Å². The van der Waals surface area contributed by atoms with Crippen molar-refractivity contribution in [1.82, 2.24) is 5.32 Å². The maximum atomic E-state index is 12.2. The van der Waals surface area contributed by atoms with Crippen molar-refractivity contribution in [3.05, 3.63) is 17.7 Å². The number of hydrogen-bond acceptors (Lipinski definition) is 5. The Balaban J connectivity index is 1.46. The summed E-state index contributed by atoms with van der Waals surface area (Å²) in [6.07, 6.45) is 2.35. The molecule has 8 nitrogen and oxygen atoms in total. The smallest absolute Gasteiger partial charge is 0.275 e. The fraction of sp³-hybridized carbons (Fsp3) is 0.667. The molecular formula is C21H35N3O5+2. The highest BCUT2D eigenvalue weighted by Gasteiger charge is 2.27. The van der Waals surface area contributed by atoms with Crippen molar-refractivity contribution in [3.63, 3.8) is 0 Å². The summed E-state index contributed by atoms with van der Waals surface area (Å²) in [4.78, 5) is 15.0. The number of piperazine rings is 1. The number of carbonyl (C=O) groups is 1. The normalized spacial score (nSPS) is 24.2. The van der Waals surface area contributed by atoms with E-state index in [4.69, 9.17) is 18.9 Å². The number of benzene rings is 1. The molecule has 2 saturated heterocycles. The molecule has 2 heterocycles. The molecule has 2 aliphatic heterocycles. The zero-order chi connectivity index (χ0) is 20.6. The number of amides is 1. The molecule has 0 radical (unpaired) electrons. The second kappa shape index (κ2) is 10.7. The first kappa shape index (κ1) is 21.7. The molecule has 0 aromatic heterocycles. The lowest BCUT2D eigenvalue weighted by molar-refractivity contribution is -1.02. The molecule has 162 valence electrons. The highest BCUT2D eigenvalue weighted by Crippen LogP contribution is 2.39. The van der Waals surface area contributed by atoms with Gasteiger partial charge < -0.3 is 34.1 Å². The van der Waals surface area contributed by atoms with Crippen LogP contribution >= 0.6 is 0 Å². The highest BCUT2D eigenvalue weighted by molar-refractivity contribution is 5.76. The van der Waals surface area contributed by atoms with E-state index in [1.54, 1.807) is 21.3 Å². The van der Waals surface area contributed by atoms with Gasteiger partial charge in [0.25, 0.3) is 5.91 Å². The van der Waals surface area contributed by atoms with E-state index < -0.39 is 0 Å². The van der Waals surface area contributed by atoms with Gasteiger partial charge in [0.05, 0.1) is 33.0 Å². The van der Waals surface area contributed by atoms with Crippen LogP contribution in [0, 0.1) is 0 Å². The number of carbonyl (C=O) groups excluding carboxylic acids is 1. The number of rotatable bonds is 9. The van der Waals surface area contributed by atoms with Gasteiger partial charge in [0.1, 0.15) is 32.7 Å². The fourth-order valence-electron chi connectivity index (χ4n) is 4.20. The Kier molecular flexibility index (Phi) is 7.97. The monoisotopic (exact) mass is 409 g/mol. The molecule has 0 aliphatic carbocycles. The van der Waals surface area contributed by atoms with E-state index >= 15 is 0 Å². The van der Waals surface area contributed by atoms with Crippen molar-refractivity contribution in [2.24, 2.45) is 0 Å². The molecular weight excluding hydrogens is 374 g/mol. The Hall–Kier alpha value is -2.03. The average molecular weight is 410 g/mol. The van der Waals surface area contributed by atoms with Gasteiger partial charge in [-0.25, -0.2) is 0 Å². The number of hydrogen-bond donors (Lipinski definition) is 3. The van der Waals surface area contributed by atoms with Crippen LogP contribution in [0.3, 0.4) is 0 Å². The summed E-state index contributed by atoms with van der Waals surface area (Å²) in [6.45, 7) is 6.87. The van der Waals surface area contributed by atoms with Crippen LogP contribution in [0.4, 0.5) is 0 Å². The lowest BCUT2D eigenvalue weighted by Gasteiger charge is -2.30. The Labute approximate surface area is 173 Å². The van der Waals surface area contributed by atoms with Gasteiger partial charge in [-0.3, -0.25) is 4.79 Å². The summed E-state index contributed by atoms with van der Waals surface area (Å²) in [5, 5.41) is 3.03. The maximum absolute atomic E-state index is 12.2. The molecule has 0 spiro atoms. The van der Waals surface area contributed by atoms with E-state index in [-0.39, 0.29) is 12.0 Å². The minimum absolute atomic E-state index is 0.125. The van der Waals surface area contributed by atoms with Crippen LogP contribution < -0.4 is 29.3 Å². The van der Waals surface area contributed by atoms with Gasteiger partial charge >= 0.3 is 0 Å². The lowest BCUT2D eigenvalue weighted by Crippen LogP contribution is -3.28. The van der Waals surface area contributed by atoms with Crippen molar-refractivity contribution >= 4 is 5.91 Å². The largest absolute Gasteiger partial charge is 0.493 e. The first-order chi connectivity index (χ1) is 14.1. The summed E-state index contributed by atoms with van der Waals surface area (Å²) >= 11 is 0. The van der Waals surface area contributed by atoms with Crippen LogP contribution in [0.1, 0.15) is 18.4 Å². The lowest BCUT2D eigenvalue weighted by atomic mass is 10.1. The maximum Gasteiger partial charge on any atom is 0.275 e. The van der Waals surface area contributed by atoms with E-state index in [1.807, 2.05) is 12.1 Å². The topological polar surface area (TPSA) is 74.9 Å².